The van der Waals surface area contributed by atoms with Gasteiger partial charge in [-0.3, -0.25) is 0 Å². The molecule has 0 spiro atoms. The second-order valence-corrected chi connectivity index (χ2v) is 4.12. The Kier molecular flexibility index (Phi) is 3.63. The van der Waals surface area contributed by atoms with Crippen molar-refractivity contribution >= 4 is 11.7 Å². The SMILES string of the molecule is Cc1ccccc1N[C@H](C(=O)[O-])c1ccccc1. The number of para-hydroxylation sites is 1. The third-order valence-electron chi connectivity index (χ3n) is 2.81. The summed E-state index contributed by atoms with van der Waals surface area (Å²) in [5.41, 5.74) is 2.48. The van der Waals surface area contributed by atoms with E-state index in [9.17, 15) is 9.90 Å². The van der Waals surface area contributed by atoms with Crippen LogP contribution in [0.25, 0.3) is 0 Å². The normalized spacial score (nSPS) is 11.8. The van der Waals surface area contributed by atoms with Crippen LogP contribution in [0.2, 0.25) is 0 Å². The lowest BCUT2D eigenvalue weighted by Crippen LogP contribution is -2.34. The van der Waals surface area contributed by atoms with Gasteiger partial charge < -0.3 is 15.2 Å². The molecule has 0 aliphatic rings. The van der Waals surface area contributed by atoms with Crippen LogP contribution in [-0.4, -0.2) is 5.97 Å². The van der Waals surface area contributed by atoms with E-state index in [1.165, 1.54) is 0 Å². The topological polar surface area (TPSA) is 52.2 Å². The van der Waals surface area contributed by atoms with E-state index in [-0.39, 0.29) is 0 Å². The number of rotatable bonds is 4. The highest BCUT2D eigenvalue weighted by Crippen LogP contribution is 2.21. The number of nitrogens with one attached hydrogen (secondary N) is 1. The molecule has 0 aliphatic heterocycles. The molecule has 0 fully saturated rings. The standard InChI is InChI=1S/C15H15NO2/c1-11-7-5-6-10-13(11)16-14(15(17)18)12-8-3-2-4-9-12/h2-10,14,16H,1H3,(H,17,18)/p-1/t14-/m0/s1. The molecular formula is C15H14NO2-. The fraction of sp³-hybridized carbons (Fsp3) is 0.133. The molecule has 1 N–H and O–H groups in total. The van der Waals surface area contributed by atoms with Gasteiger partial charge in [0.15, 0.2) is 0 Å². The fourth-order valence-corrected chi connectivity index (χ4v) is 1.81. The van der Waals surface area contributed by atoms with Crippen molar-refractivity contribution in [3.63, 3.8) is 0 Å². The number of aliphatic carboxylic acids is 1. The number of anilines is 1. The Balaban J connectivity index is 2.28. The highest BCUT2D eigenvalue weighted by Gasteiger charge is 2.12. The van der Waals surface area contributed by atoms with Crippen molar-refractivity contribution < 1.29 is 9.90 Å². The molecule has 1 atom stereocenters. The monoisotopic (exact) mass is 240 g/mol. The number of hydrogen-bond donors (Lipinski definition) is 1. The van der Waals surface area contributed by atoms with E-state index in [2.05, 4.69) is 5.32 Å². The zero-order chi connectivity index (χ0) is 13.0. The van der Waals surface area contributed by atoms with Gasteiger partial charge in [-0.1, -0.05) is 48.5 Å². The maximum absolute atomic E-state index is 11.2. The first kappa shape index (κ1) is 12.2. The fourth-order valence-electron chi connectivity index (χ4n) is 1.81. The van der Waals surface area contributed by atoms with Gasteiger partial charge in [0, 0.05) is 5.69 Å². The van der Waals surface area contributed by atoms with Gasteiger partial charge in [-0.15, -0.1) is 0 Å². The smallest absolute Gasteiger partial charge is 0.0912 e. The summed E-state index contributed by atoms with van der Waals surface area (Å²) in [5.74, 6) is -1.13. The van der Waals surface area contributed by atoms with Gasteiger partial charge in [-0.05, 0) is 24.1 Å². The predicted octanol–water partition coefficient (Wildman–Crippen LogP) is 1.90. The van der Waals surface area contributed by atoms with Gasteiger partial charge in [-0.25, -0.2) is 0 Å². The molecule has 92 valence electrons. The molecule has 3 heteroatoms. The molecule has 0 aromatic heterocycles. The van der Waals surface area contributed by atoms with E-state index in [1.807, 2.05) is 49.4 Å². The van der Waals surface area contributed by atoms with Crippen LogP contribution in [0.4, 0.5) is 5.69 Å². The molecule has 3 nitrogen and oxygen atoms in total. The summed E-state index contributed by atoms with van der Waals surface area (Å²) >= 11 is 0. The first-order chi connectivity index (χ1) is 8.68. The third-order valence-corrected chi connectivity index (χ3v) is 2.81. The van der Waals surface area contributed by atoms with Crippen molar-refractivity contribution in [1.82, 2.24) is 0 Å². The Labute approximate surface area is 106 Å². The number of aryl methyl sites for hydroxylation is 1. The molecule has 0 aliphatic carbocycles. The molecule has 2 aromatic rings. The van der Waals surface area contributed by atoms with Gasteiger partial charge in [0.1, 0.15) is 0 Å². The van der Waals surface area contributed by atoms with E-state index in [4.69, 9.17) is 0 Å². The number of carboxylic acid groups (broad SMARTS) is 1. The first-order valence-electron chi connectivity index (χ1n) is 5.76. The van der Waals surface area contributed by atoms with Crippen molar-refractivity contribution in [2.75, 3.05) is 5.32 Å². The summed E-state index contributed by atoms with van der Waals surface area (Å²) in [6, 6.07) is 15.7. The van der Waals surface area contributed by atoms with Crippen LogP contribution in [0.15, 0.2) is 54.6 Å². The highest BCUT2D eigenvalue weighted by atomic mass is 16.4. The number of carboxylic acids is 1. The highest BCUT2D eigenvalue weighted by molar-refractivity contribution is 5.77. The molecule has 0 heterocycles. The van der Waals surface area contributed by atoms with Gasteiger partial charge in [-0.2, -0.15) is 0 Å². The Morgan fingerprint density at radius 2 is 1.67 bits per heavy atom. The molecule has 18 heavy (non-hydrogen) atoms. The average Bonchev–Trinajstić information content (AvgIpc) is 2.38. The predicted molar refractivity (Wildman–Crippen MR) is 69.0 cm³/mol. The van der Waals surface area contributed by atoms with Crippen molar-refractivity contribution in [2.45, 2.75) is 13.0 Å². The van der Waals surface area contributed by atoms with Gasteiger partial charge in [0.2, 0.25) is 0 Å². The van der Waals surface area contributed by atoms with Crippen LogP contribution in [0.1, 0.15) is 17.2 Å². The molecule has 0 amide bonds. The van der Waals surface area contributed by atoms with E-state index in [0.29, 0.717) is 5.56 Å². The zero-order valence-electron chi connectivity index (χ0n) is 10.1. The van der Waals surface area contributed by atoms with Crippen LogP contribution in [0, 0.1) is 6.92 Å². The third kappa shape index (κ3) is 2.69. The minimum absolute atomic E-state index is 0.681. The van der Waals surface area contributed by atoms with E-state index in [1.54, 1.807) is 12.1 Å². The number of benzene rings is 2. The zero-order valence-corrected chi connectivity index (χ0v) is 10.1. The molecule has 0 radical (unpaired) electrons. The van der Waals surface area contributed by atoms with E-state index >= 15 is 0 Å². The molecule has 0 bridgehead atoms. The quantitative estimate of drug-likeness (QED) is 0.888. The van der Waals surface area contributed by atoms with Crippen LogP contribution in [-0.2, 0) is 4.79 Å². The van der Waals surface area contributed by atoms with Crippen molar-refractivity contribution in [1.29, 1.82) is 0 Å². The number of carbonyl (C=O) groups is 1. The number of hydrogen-bond acceptors (Lipinski definition) is 3. The molecule has 0 saturated heterocycles. The minimum Gasteiger partial charge on any atom is -0.548 e. The molecular weight excluding hydrogens is 226 g/mol. The second-order valence-electron chi connectivity index (χ2n) is 4.12. The van der Waals surface area contributed by atoms with Gasteiger partial charge in [0.05, 0.1) is 12.0 Å². The van der Waals surface area contributed by atoms with E-state index in [0.717, 1.165) is 11.3 Å². The number of carbonyl (C=O) groups excluding carboxylic acids is 1. The lowest BCUT2D eigenvalue weighted by Gasteiger charge is -2.22. The summed E-state index contributed by atoms with van der Waals surface area (Å²) in [4.78, 5) is 11.2. The largest absolute Gasteiger partial charge is 0.548 e. The van der Waals surface area contributed by atoms with Crippen LogP contribution < -0.4 is 10.4 Å². The molecule has 2 aromatic carbocycles. The first-order valence-corrected chi connectivity index (χ1v) is 5.76. The Hall–Kier alpha value is -2.29. The summed E-state index contributed by atoms with van der Waals surface area (Å²) in [7, 11) is 0. The van der Waals surface area contributed by atoms with Gasteiger partial charge >= 0.3 is 0 Å². The minimum atomic E-state index is -1.13. The molecule has 0 unspecified atom stereocenters. The average molecular weight is 240 g/mol. The van der Waals surface area contributed by atoms with Crippen LogP contribution in [0.5, 0.6) is 0 Å². The summed E-state index contributed by atoms with van der Waals surface area (Å²) in [6.45, 7) is 1.93. The second kappa shape index (κ2) is 5.36. The molecule has 0 saturated carbocycles. The summed E-state index contributed by atoms with van der Waals surface area (Å²) < 4.78 is 0. The van der Waals surface area contributed by atoms with E-state index < -0.39 is 12.0 Å². The summed E-state index contributed by atoms with van der Waals surface area (Å²) in [6.07, 6.45) is 0. The van der Waals surface area contributed by atoms with Crippen molar-refractivity contribution in [3.05, 3.63) is 65.7 Å². The van der Waals surface area contributed by atoms with Crippen LogP contribution >= 0.6 is 0 Å². The van der Waals surface area contributed by atoms with Gasteiger partial charge in [0.25, 0.3) is 0 Å². The Morgan fingerprint density at radius 3 is 2.28 bits per heavy atom. The summed E-state index contributed by atoms with van der Waals surface area (Å²) in [5, 5.41) is 14.2. The van der Waals surface area contributed by atoms with Crippen LogP contribution in [0.3, 0.4) is 0 Å². The van der Waals surface area contributed by atoms with Crippen molar-refractivity contribution in [3.8, 4) is 0 Å². The molecule has 2 rings (SSSR count). The Morgan fingerprint density at radius 1 is 1.06 bits per heavy atom. The Bertz CT molecular complexity index is 537. The maximum Gasteiger partial charge on any atom is 0.0912 e. The maximum atomic E-state index is 11.2. The lowest BCUT2D eigenvalue weighted by atomic mass is 10.1. The lowest BCUT2D eigenvalue weighted by molar-refractivity contribution is -0.307. The van der Waals surface area contributed by atoms with Crippen molar-refractivity contribution in [2.24, 2.45) is 0 Å².